The first-order chi connectivity index (χ1) is 11.1. The summed E-state index contributed by atoms with van der Waals surface area (Å²) in [4.78, 5) is 25.9. The molecule has 1 aliphatic heterocycles. The van der Waals surface area contributed by atoms with Crippen LogP contribution in [0.2, 0.25) is 0 Å². The van der Waals surface area contributed by atoms with Crippen molar-refractivity contribution in [2.45, 2.75) is 58.0 Å². The van der Waals surface area contributed by atoms with E-state index < -0.39 is 0 Å². The Balaban J connectivity index is 1.57. The van der Waals surface area contributed by atoms with Gasteiger partial charge in [-0.1, -0.05) is 31.9 Å². The molecule has 4 nitrogen and oxygen atoms in total. The number of nitrogens with zero attached hydrogens (tertiary/aromatic N) is 1. The number of likely N-dealkylation sites (tertiary alicyclic amines) is 1. The maximum absolute atomic E-state index is 12.4. The predicted molar refractivity (Wildman–Crippen MR) is 90.0 cm³/mol. The van der Waals surface area contributed by atoms with Crippen molar-refractivity contribution in [3.8, 4) is 0 Å². The van der Waals surface area contributed by atoms with Crippen LogP contribution in [0.1, 0.15) is 61.4 Å². The third-order valence-corrected chi connectivity index (χ3v) is 5.19. The second kappa shape index (κ2) is 7.16. The van der Waals surface area contributed by atoms with Crippen molar-refractivity contribution in [2.75, 3.05) is 6.54 Å². The van der Waals surface area contributed by atoms with Gasteiger partial charge in [-0.05, 0) is 42.9 Å². The normalized spacial score (nSPS) is 24.7. The van der Waals surface area contributed by atoms with Crippen LogP contribution in [-0.2, 0) is 11.3 Å². The molecule has 0 aromatic heterocycles. The van der Waals surface area contributed by atoms with Crippen molar-refractivity contribution < 1.29 is 9.59 Å². The Morgan fingerprint density at radius 3 is 2.57 bits per heavy atom. The molecule has 124 valence electrons. The van der Waals surface area contributed by atoms with Crippen LogP contribution in [0.25, 0.3) is 0 Å². The zero-order valence-corrected chi connectivity index (χ0v) is 13.9. The minimum atomic E-state index is 0.0209. The van der Waals surface area contributed by atoms with Crippen molar-refractivity contribution in [3.63, 3.8) is 0 Å². The highest BCUT2D eigenvalue weighted by atomic mass is 16.2. The van der Waals surface area contributed by atoms with Gasteiger partial charge < -0.3 is 10.2 Å². The highest BCUT2D eigenvalue weighted by molar-refractivity contribution is 5.94. The molecule has 3 rings (SSSR count). The third kappa shape index (κ3) is 3.92. The molecule has 2 aliphatic rings. The van der Waals surface area contributed by atoms with E-state index in [0.29, 0.717) is 30.5 Å². The zero-order valence-electron chi connectivity index (χ0n) is 13.9. The van der Waals surface area contributed by atoms with Crippen molar-refractivity contribution in [3.05, 3.63) is 35.4 Å². The number of carbonyl (C=O) groups is 2. The van der Waals surface area contributed by atoms with Crippen molar-refractivity contribution in [2.24, 2.45) is 5.92 Å². The third-order valence-electron chi connectivity index (χ3n) is 5.19. The van der Waals surface area contributed by atoms with E-state index >= 15 is 0 Å². The summed E-state index contributed by atoms with van der Waals surface area (Å²) in [6.07, 6.45) is 6.39. The van der Waals surface area contributed by atoms with Gasteiger partial charge in [0.15, 0.2) is 0 Å². The number of amides is 2. The molecule has 1 aliphatic carbocycles. The van der Waals surface area contributed by atoms with Crippen LogP contribution >= 0.6 is 0 Å². The van der Waals surface area contributed by atoms with E-state index in [0.717, 1.165) is 24.9 Å². The summed E-state index contributed by atoms with van der Waals surface area (Å²) in [5.74, 6) is 0.818. The summed E-state index contributed by atoms with van der Waals surface area (Å²) in [7, 11) is 0. The molecule has 1 saturated heterocycles. The van der Waals surface area contributed by atoms with Crippen molar-refractivity contribution in [1.29, 1.82) is 0 Å². The number of benzene rings is 1. The number of hydrogen-bond donors (Lipinski definition) is 1. The van der Waals surface area contributed by atoms with E-state index in [2.05, 4.69) is 12.2 Å². The maximum Gasteiger partial charge on any atom is 0.251 e. The fraction of sp³-hybridized carbons (Fsp3) is 0.579. The van der Waals surface area contributed by atoms with Crippen LogP contribution in [-0.4, -0.2) is 29.3 Å². The van der Waals surface area contributed by atoms with Gasteiger partial charge in [-0.2, -0.15) is 0 Å². The van der Waals surface area contributed by atoms with Crippen LogP contribution in [0, 0.1) is 5.92 Å². The van der Waals surface area contributed by atoms with Crippen LogP contribution in [0.5, 0.6) is 0 Å². The first kappa shape index (κ1) is 16.0. The molecule has 0 spiro atoms. The smallest absolute Gasteiger partial charge is 0.251 e. The standard InChI is InChI=1S/C19H26N2O2/c1-14-5-2-3-6-17(14)20-19(23)16-10-8-15(9-11-16)13-21-12-4-7-18(21)22/h8-11,14,17H,2-7,12-13H2,1H3,(H,20,23)/t14-,17-/m0/s1. The van der Waals surface area contributed by atoms with E-state index in [-0.39, 0.29) is 11.8 Å². The molecule has 0 bridgehead atoms. The van der Waals surface area contributed by atoms with Gasteiger partial charge >= 0.3 is 0 Å². The lowest BCUT2D eigenvalue weighted by atomic mass is 9.86. The molecule has 1 N–H and O–H groups in total. The molecule has 1 saturated carbocycles. The minimum absolute atomic E-state index is 0.0209. The van der Waals surface area contributed by atoms with E-state index in [1.54, 1.807) is 0 Å². The quantitative estimate of drug-likeness (QED) is 0.928. The van der Waals surface area contributed by atoms with Crippen molar-refractivity contribution in [1.82, 2.24) is 10.2 Å². The summed E-state index contributed by atoms with van der Waals surface area (Å²) in [6.45, 7) is 3.72. The highest BCUT2D eigenvalue weighted by Crippen LogP contribution is 2.24. The van der Waals surface area contributed by atoms with Crippen LogP contribution in [0.15, 0.2) is 24.3 Å². The van der Waals surface area contributed by atoms with Crippen molar-refractivity contribution >= 4 is 11.8 Å². The second-order valence-corrected chi connectivity index (χ2v) is 6.96. The Hall–Kier alpha value is -1.84. The fourth-order valence-corrected chi connectivity index (χ4v) is 3.64. The average Bonchev–Trinajstić information content (AvgIpc) is 2.95. The predicted octanol–water partition coefficient (Wildman–Crippen LogP) is 3.12. The molecule has 23 heavy (non-hydrogen) atoms. The summed E-state index contributed by atoms with van der Waals surface area (Å²) >= 11 is 0. The van der Waals surface area contributed by atoms with Gasteiger partial charge in [0.25, 0.3) is 5.91 Å². The van der Waals surface area contributed by atoms with Crippen LogP contribution in [0.3, 0.4) is 0 Å². The summed E-state index contributed by atoms with van der Waals surface area (Å²) in [5.41, 5.74) is 1.79. The topological polar surface area (TPSA) is 49.4 Å². The molecule has 4 heteroatoms. The summed E-state index contributed by atoms with van der Waals surface area (Å²) in [5, 5.41) is 3.18. The Morgan fingerprint density at radius 2 is 1.91 bits per heavy atom. The van der Waals surface area contributed by atoms with E-state index in [9.17, 15) is 9.59 Å². The van der Waals surface area contributed by atoms with Gasteiger partial charge in [0.1, 0.15) is 0 Å². The average molecular weight is 314 g/mol. The van der Waals surface area contributed by atoms with Gasteiger partial charge in [-0.15, -0.1) is 0 Å². The first-order valence-electron chi connectivity index (χ1n) is 8.81. The second-order valence-electron chi connectivity index (χ2n) is 6.96. The number of rotatable bonds is 4. The largest absolute Gasteiger partial charge is 0.349 e. The number of nitrogens with one attached hydrogen (secondary N) is 1. The molecule has 2 amide bonds. The first-order valence-corrected chi connectivity index (χ1v) is 8.81. The van der Waals surface area contributed by atoms with Gasteiger partial charge in [-0.25, -0.2) is 0 Å². The highest BCUT2D eigenvalue weighted by Gasteiger charge is 2.23. The minimum Gasteiger partial charge on any atom is -0.349 e. The lowest BCUT2D eigenvalue weighted by Crippen LogP contribution is -2.41. The van der Waals surface area contributed by atoms with Crippen LogP contribution < -0.4 is 5.32 Å². The van der Waals surface area contributed by atoms with Gasteiger partial charge in [0.05, 0.1) is 0 Å². The number of carbonyl (C=O) groups excluding carboxylic acids is 2. The Bertz CT molecular complexity index is 567. The molecule has 0 unspecified atom stereocenters. The van der Waals surface area contributed by atoms with Crippen LogP contribution in [0.4, 0.5) is 0 Å². The molecule has 0 radical (unpaired) electrons. The van der Waals surface area contributed by atoms with Gasteiger partial charge in [-0.3, -0.25) is 9.59 Å². The van der Waals surface area contributed by atoms with Gasteiger partial charge in [0.2, 0.25) is 5.91 Å². The summed E-state index contributed by atoms with van der Waals surface area (Å²) in [6, 6.07) is 7.98. The summed E-state index contributed by atoms with van der Waals surface area (Å²) < 4.78 is 0. The Labute approximate surface area is 138 Å². The lowest BCUT2D eigenvalue weighted by Gasteiger charge is -2.29. The molecule has 2 fully saturated rings. The molecule has 1 heterocycles. The molecule has 1 aromatic carbocycles. The number of hydrogen-bond acceptors (Lipinski definition) is 2. The maximum atomic E-state index is 12.4. The molecule has 1 aromatic rings. The molecular formula is C19H26N2O2. The van der Waals surface area contributed by atoms with E-state index in [1.807, 2.05) is 29.2 Å². The lowest BCUT2D eigenvalue weighted by molar-refractivity contribution is -0.128. The Morgan fingerprint density at radius 1 is 1.17 bits per heavy atom. The monoisotopic (exact) mass is 314 g/mol. The fourth-order valence-electron chi connectivity index (χ4n) is 3.64. The SMILES string of the molecule is C[C@H]1CCCC[C@@H]1NC(=O)c1ccc(CN2CCCC2=O)cc1. The van der Waals surface area contributed by atoms with E-state index in [1.165, 1.54) is 19.3 Å². The Kier molecular flexibility index (Phi) is 4.99. The molecule has 2 atom stereocenters. The molecular weight excluding hydrogens is 288 g/mol. The van der Waals surface area contributed by atoms with E-state index in [4.69, 9.17) is 0 Å². The van der Waals surface area contributed by atoms with Gasteiger partial charge in [0, 0.05) is 31.1 Å². The zero-order chi connectivity index (χ0) is 16.2.